The second kappa shape index (κ2) is 4.94. The third-order valence-electron chi connectivity index (χ3n) is 1.42. The number of para-hydroxylation sites is 1. The molecule has 1 aromatic carbocycles. The van der Waals surface area contributed by atoms with Crippen molar-refractivity contribution in [2.45, 2.75) is 0 Å². The zero-order valence-electron chi connectivity index (χ0n) is 7.86. The summed E-state index contributed by atoms with van der Waals surface area (Å²) in [5.41, 5.74) is 0. The van der Waals surface area contributed by atoms with Crippen molar-refractivity contribution in [2.75, 3.05) is 20.6 Å². The molecule has 0 amide bonds. The zero-order valence-corrected chi connectivity index (χ0v) is 8.67. The van der Waals surface area contributed by atoms with E-state index < -0.39 is 0 Å². The molecule has 0 aliphatic heterocycles. The molecule has 0 unspecified atom stereocenters. The van der Waals surface area contributed by atoms with Crippen molar-refractivity contribution in [2.24, 2.45) is 0 Å². The highest BCUT2D eigenvalue weighted by atomic mass is 32.1. The average molecular weight is 195 g/mol. The molecular formula is C10H13NOS. The minimum Gasteiger partial charge on any atom is -0.449 e. The van der Waals surface area contributed by atoms with Gasteiger partial charge in [0.05, 0.1) is 6.54 Å². The lowest BCUT2D eigenvalue weighted by molar-refractivity contribution is 0.433. The van der Waals surface area contributed by atoms with Gasteiger partial charge in [0.15, 0.2) is 5.05 Å². The number of ether oxygens (including phenoxy) is 1. The van der Waals surface area contributed by atoms with Crippen LogP contribution in [0.3, 0.4) is 0 Å². The number of nitrogens with zero attached hydrogens (tertiary/aromatic N) is 1. The first kappa shape index (κ1) is 10.2. The third-order valence-corrected chi connectivity index (χ3v) is 1.63. The summed E-state index contributed by atoms with van der Waals surface area (Å²) >= 11 is 5.05. The molecule has 0 aliphatic rings. The number of hydrogen-bond acceptors (Lipinski definition) is 3. The van der Waals surface area contributed by atoms with Gasteiger partial charge in [-0.2, -0.15) is 0 Å². The summed E-state index contributed by atoms with van der Waals surface area (Å²) in [6.07, 6.45) is 0. The minimum atomic E-state index is 0.594. The third kappa shape index (κ3) is 4.01. The van der Waals surface area contributed by atoms with Gasteiger partial charge in [-0.05, 0) is 38.4 Å². The number of thiocarbonyl (C=S) groups is 1. The van der Waals surface area contributed by atoms with E-state index in [1.54, 1.807) is 0 Å². The van der Waals surface area contributed by atoms with Gasteiger partial charge < -0.3 is 9.64 Å². The van der Waals surface area contributed by atoms with Crippen LogP contribution >= 0.6 is 12.2 Å². The van der Waals surface area contributed by atoms with Crippen LogP contribution < -0.4 is 4.74 Å². The summed E-state index contributed by atoms with van der Waals surface area (Å²) < 4.78 is 5.41. The van der Waals surface area contributed by atoms with Gasteiger partial charge in [-0.3, -0.25) is 0 Å². The Kier molecular flexibility index (Phi) is 3.86. The van der Waals surface area contributed by atoms with Crippen LogP contribution in [0.2, 0.25) is 0 Å². The molecule has 0 radical (unpaired) electrons. The molecule has 0 aromatic heterocycles. The van der Waals surface area contributed by atoms with E-state index in [9.17, 15) is 0 Å². The highest BCUT2D eigenvalue weighted by Crippen LogP contribution is 2.08. The molecule has 0 saturated heterocycles. The Hall–Kier alpha value is -0.930. The van der Waals surface area contributed by atoms with Crippen LogP contribution in [0.25, 0.3) is 0 Å². The van der Waals surface area contributed by atoms with Gasteiger partial charge in [0.2, 0.25) is 0 Å². The molecule has 1 rings (SSSR count). The van der Waals surface area contributed by atoms with Crippen LogP contribution in [-0.4, -0.2) is 30.6 Å². The Morgan fingerprint density at radius 3 is 2.46 bits per heavy atom. The highest BCUT2D eigenvalue weighted by Gasteiger charge is 2.00. The summed E-state index contributed by atoms with van der Waals surface area (Å²) in [6.45, 7) is 0.671. The van der Waals surface area contributed by atoms with Gasteiger partial charge in [0.25, 0.3) is 0 Å². The quantitative estimate of drug-likeness (QED) is 0.684. The normalized spacial score (nSPS) is 10.1. The Morgan fingerprint density at radius 1 is 1.31 bits per heavy atom. The van der Waals surface area contributed by atoms with Crippen molar-refractivity contribution in [3.8, 4) is 5.75 Å². The summed E-state index contributed by atoms with van der Waals surface area (Å²) in [5, 5.41) is 0.594. The molecule has 0 atom stereocenters. The molecular weight excluding hydrogens is 182 g/mol. The van der Waals surface area contributed by atoms with Crippen LogP contribution in [0.4, 0.5) is 0 Å². The molecule has 0 fully saturated rings. The lowest BCUT2D eigenvalue weighted by Gasteiger charge is -2.11. The second-order valence-corrected chi connectivity index (χ2v) is 3.48. The monoisotopic (exact) mass is 195 g/mol. The molecule has 1 aromatic rings. The summed E-state index contributed by atoms with van der Waals surface area (Å²) in [7, 11) is 3.92. The van der Waals surface area contributed by atoms with Gasteiger partial charge in [-0.25, -0.2) is 0 Å². The average Bonchev–Trinajstić information content (AvgIpc) is 2.04. The Morgan fingerprint density at radius 2 is 1.92 bits per heavy atom. The zero-order chi connectivity index (χ0) is 9.68. The Balaban J connectivity index is 2.46. The van der Waals surface area contributed by atoms with Crippen molar-refractivity contribution >= 4 is 17.3 Å². The van der Waals surface area contributed by atoms with Crippen molar-refractivity contribution in [1.29, 1.82) is 0 Å². The molecule has 0 aliphatic carbocycles. The van der Waals surface area contributed by atoms with Crippen molar-refractivity contribution < 1.29 is 4.74 Å². The van der Waals surface area contributed by atoms with Crippen molar-refractivity contribution in [1.82, 2.24) is 4.90 Å². The molecule has 0 saturated carbocycles. The summed E-state index contributed by atoms with van der Waals surface area (Å²) in [4.78, 5) is 1.98. The van der Waals surface area contributed by atoms with Gasteiger partial charge in [-0.15, -0.1) is 0 Å². The van der Waals surface area contributed by atoms with Gasteiger partial charge in [-0.1, -0.05) is 18.2 Å². The van der Waals surface area contributed by atoms with Crippen molar-refractivity contribution in [3.63, 3.8) is 0 Å². The number of benzene rings is 1. The predicted octanol–water partition coefficient (Wildman–Crippen LogP) is 1.95. The SMILES string of the molecule is CN(C)CC(=S)Oc1ccccc1. The van der Waals surface area contributed by atoms with E-state index >= 15 is 0 Å². The van der Waals surface area contributed by atoms with E-state index in [0.29, 0.717) is 11.6 Å². The van der Waals surface area contributed by atoms with Crippen LogP contribution in [-0.2, 0) is 0 Å². The van der Waals surface area contributed by atoms with E-state index in [0.717, 1.165) is 5.75 Å². The Labute approximate surface area is 84.1 Å². The minimum absolute atomic E-state index is 0.594. The first-order valence-corrected chi connectivity index (χ1v) is 4.50. The molecule has 13 heavy (non-hydrogen) atoms. The number of likely N-dealkylation sites (N-methyl/N-ethyl adjacent to an activating group) is 1. The van der Waals surface area contributed by atoms with Gasteiger partial charge >= 0.3 is 0 Å². The van der Waals surface area contributed by atoms with Crippen LogP contribution in [0.5, 0.6) is 5.75 Å². The molecule has 70 valence electrons. The Bertz CT molecular complexity index is 272. The van der Waals surface area contributed by atoms with Crippen molar-refractivity contribution in [3.05, 3.63) is 30.3 Å². The van der Waals surface area contributed by atoms with E-state index in [1.807, 2.05) is 49.3 Å². The maximum absolute atomic E-state index is 5.41. The maximum Gasteiger partial charge on any atom is 0.181 e. The summed E-state index contributed by atoms with van der Waals surface area (Å²) in [5.74, 6) is 0.800. The molecule has 0 N–H and O–H groups in total. The smallest absolute Gasteiger partial charge is 0.181 e. The van der Waals surface area contributed by atoms with E-state index in [1.165, 1.54) is 0 Å². The fourth-order valence-corrected chi connectivity index (χ4v) is 1.26. The van der Waals surface area contributed by atoms with E-state index in [4.69, 9.17) is 17.0 Å². The molecule has 0 bridgehead atoms. The lowest BCUT2D eigenvalue weighted by Crippen LogP contribution is -2.23. The fraction of sp³-hybridized carbons (Fsp3) is 0.300. The predicted molar refractivity (Wildman–Crippen MR) is 58.2 cm³/mol. The first-order chi connectivity index (χ1) is 6.18. The van der Waals surface area contributed by atoms with Crippen LogP contribution in [0.1, 0.15) is 0 Å². The molecule has 0 heterocycles. The van der Waals surface area contributed by atoms with Crippen LogP contribution in [0, 0.1) is 0 Å². The van der Waals surface area contributed by atoms with E-state index in [-0.39, 0.29) is 0 Å². The highest BCUT2D eigenvalue weighted by molar-refractivity contribution is 7.80. The van der Waals surface area contributed by atoms with Crippen LogP contribution in [0.15, 0.2) is 30.3 Å². The standard InChI is InChI=1S/C10H13NOS/c1-11(2)8-10(13)12-9-6-4-3-5-7-9/h3-7H,8H2,1-2H3. The molecule has 2 nitrogen and oxygen atoms in total. The molecule has 3 heteroatoms. The molecule has 0 spiro atoms. The second-order valence-electron chi connectivity index (χ2n) is 3.02. The largest absolute Gasteiger partial charge is 0.449 e. The van der Waals surface area contributed by atoms with E-state index in [2.05, 4.69) is 0 Å². The number of rotatable bonds is 3. The van der Waals surface area contributed by atoms with Gasteiger partial charge in [0, 0.05) is 0 Å². The number of hydrogen-bond donors (Lipinski definition) is 0. The topological polar surface area (TPSA) is 12.5 Å². The van der Waals surface area contributed by atoms with Gasteiger partial charge in [0.1, 0.15) is 5.75 Å². The fourth-order valence-electron chi connectivity index (χ4n) is 0.910. The summed E-state index contributed by atoms with van der Waals surface area (Å²) in [6, 6.07) is 9.58. The lowest BCUT2D eigenvalue weighted by atomic mass is 10.3. The first-order valence-electron chi connectivity index (χ1n) is 4.09. The maximum atomic E-state index is 5.41.